The molecule has 10 aromatic rings. The Balaban J connectivity index is 0.000000293. The molecule has 14 rings (SSSR count). The van der Waals surface area contributed by atoms with E-state index in [9.17, 15) is 62.4 Å². The second-order valence-corrected chi connectivity index (χ2v) is 45.5. The maximum absolute atomic E-state index is 14.1. The first-order valence-electron chi connectivity index (χ1n) is 53.7. The summed E-state index contributed by atoms with van der Waals surface area (Å²) in [4.78, 5) is 69.3. The maximum atomic E-state index is 14.1. The van der Waals surface area contributed by atoms with Crippen LogP contribution in [0.5, 0.6) is 0 Å². The number of nitrogens with one attached hydrogen (secondary N) is 6. The van der Waals surface area contributed by atoms with E-state index in [1.165, 1.54) is 80.9 Å². The van der Waals surface area contributed by atoms with E-state index in [0.29, 0.717) is 87.1 Å². The molecule has 0 unspecified atom stereocenters. The van der Waals surface area contributed by atoms with Gasteiger partial charge in [0.1, 0.15) is 17.5 Å². The van der Waals surface area contributed by atoms with Gasteiger partial charge in [0.05, 0.1) is 44.1 Å². The molecule has 20 heteroatoms. The average molecular weight is 2080 g/mol. The Morgan fingerprint density at radius 3 is 0.560 bits per heavy atom. The lowest BCUT2D eigenvalue weighted by molar-refractivity contribution is 0.0950. The van der Waals surface area contributed by atoms with Gasteiger partial charge in [-0.2, -0.15) is 0 Å². The highest BCUT2D eigenvalue weighted by Gasteiger charge is 2.47. The fraction of sp³-hybridized carbons (Fsp3) is 0.492. The smallest absolute Gasteiger partial charge is 0.254 e. The lowest BCUT2D eigenvalue weighted by Gasteiger charge is -2.19. The van der Waals surface area contributed by atoms with E-state index in [1.807, 2.05) is 147 Å². The Bertz CT molecular complexity index is 5500. The number of halogens is 4. The van der Waals surface area contributed by atoms with Gasteiger partial charge >= 0.3 is 0 Å². The highest BCUT2D eigenvalue weighted by atomic mass is 35.5. The van der Waals surface area contributed by atoms with Crippen molar-refractivity contribution >= 4 is 47.0 Å². The molecule has 0 aliphatic heterocycles. The highest BCUT2D eigenvalue weighted by molar-refractivity contribution is 6.34. The summed E-state index contributed by atoms with van der Waals surface area (Å²) in [6.45, 7) is 74.4. The van der Waals surface area contributed by atoms with Crippen LogP contribution in [-0.2, 0) is 22.4 Å². The second-order valence-electron chi connectivity index (χ2n) is 45.2. The van der Waals surface area contributed by atoms with Crippen molar-refractivity contribution in [2.45, 2.75) is 382 Å². The molecule has 150 heavy (non-hydrogen) atoms. The fourth-order valence-electron chi connectivity index (χ4n) is 19.1. The van der Waals surface area contributed by atoms with Crippen molar-refractivity contribution in [3.05, 3.63) is 344 Å². The molecule has 6 amide bonds. The summed E-state index contributed by atoms with van der Waals surface area (Å²) in [5.41, 5.74) is 33.9. The molecule has 4 fully saturated rings. The Labute approximate surface area is 904 Å². The van der Waals surface area contributed by atoms with E-state index in [-0.39, 0.29) is 70.1 Å². The molecule has 0 saturated heterocycles. The van der Waals surface area contributed by atoms with Gasteiger partial charge in [-0.1, -0.05) is 274 Å². The van der Waals surface area contributed by atoms with Crippen LogP contribution in [0.3, 0.4) is 0 Å². The summed E-state index contributed by atoms with van der Waals surface area (Å²) in [6.07, 6.45) is 6.92. The van der Waals surface area contributed by atoms with Crippen molar-refractivity contribution < 1.29 is 62.4 Å². The average Bonchev–Trinajstić information content (AvgIpc) is 1.62. The van der Waals surface area contributed by atoms with Gasteiger partial charge in [0.15, 0.2) is 0 Å². The molecule has 10 N–H and O–H groups in total. The van der Waals surface area contributed by atoms with Crippen molar-refractivity contribution in [1.29, 1.82) is 0 Å². The van der Waals surface area contributed by atoms with E-state index in [0.717, 1.165) is 133 Å². The van der Waals surface area contributed by atoms with Crippen LogP contribution < -0.4 is 31.9 Å². The number of carbonyl (C=O) groups excluding carboxylic acids is 6. The number of rotatable bonds is 20. The van der Waals surface area contributed by atoms with E-state index in [4.69, 9.17) is 11.6 Å². The molecule has 4 aliphatic carbocycles. The molecule has 0 atom stereocenters. The zero-order chi connectivity index (χ0) is 114. The lowest BCUT2D eigenvalue weighted by Crippen LogP contribution is -2.20. The molecule has 10 aromatic carbocycles. The minimum absolute atomic E-state index is 0.00176. The Hall–Kier alpha value is -11.1. The summed E-state index contributed by atoms with van der Waals surface area (Å²) >= 11 is 6.19. The summed E-state index contributed by atoms with van der Waals surface area (Å²) in [5, 5.41) is 56.7. The third kappa shape index (κ3) is 35.0. The van der Waals surface area contributed by atoms with Crippen molar-refractivity contribution in [1.82, 2.24) is 31.9 Å². The first-order chi connectivity index (χ1) is 69.6. The number of hydrogen-bond acceptors (Lipinski definition) is 10. The molecule has 0 heterocycles. The number of aliphatic hydroxyl groups is 4. The van der Waals surface area contributed by atoms with Crippen molar-refractivity contribution in [3.63, 3.8) is 0 Å². The molecule has 0 bridgehead atoms. The number of hydrogen-bond donors (Lipinski definition) is 10. The zero-order valence-corrected chi connectivity index (χ0v) is 99.5. The third-order valence-electron chi connectivity index (χ3n) is 28.5. The summed E-state index contributed by atoms with van der Waals surface area (Å²) < 4.78 is 41.8. The van der Waals surface area contributed by atoms with Crippen LogP contribution in [0, 0.1) is 128 Å². The van der Waals surface area contributed by atoms with E-state index < -0.39 is 34.0 Å². The van der Waals surface area contributed by atoms with Crippen LogP contribution in [0.25, 0.3) is 0 Å². The van der Waals surface area contributed by atoms with Crippen LogP contribution in [0.15, 0.2) is 121 Å². The molecule has 0 spiro atoms. The molecular weight excluding hydrogens is 1900 g/mol. The quantitative estimate of drug-likeness (QED) is 0.0345. The van der Waals surface area contributed by atoms with Gasteiger partial charge in [-0.15, -0.1) is 0 Å². The van der Waals surface area contributed by atoms with Crippen LogP contribution >= 0.6 is 11.6 Å². The minimum atomic E-state index is -0.875. The zero-order valence-electron chi connectivity index (χ0n) is 98.7. The lowest BCUT2D eigenvalue weighted by atomic mass is 9.89. The Morgan fingerprint density at radius 2 is 0.360 bits per heavy atom. The standard InChI is InChI=1S/3C14H20O.C13H17FO.3C13H19NO.C12H16ClNO.2C12H16FNO/c3*1-9(2)12-7-10(3)8-13(11(12)4)14(15)5-6-14;1-8(2)10-6-9(3)7-11(12(10)14)13(15)4-5-13;3*1-8(2)11-6-9(3)7-12(10(11)4)13(15)14-5;3*1-7(2)9-5-8(3)6-10(11(9)13)12(15)14-4/h3*7-9,15H,5-6H2,1-4H3;6-8,15H,4-5H2,1-3H3;3*6-8H,1-5H3,(H,14,15);3*5-7H,1-4H3,(H,14,15). The summed E-state index contributed by atoms with van der Waals surface area (Å²) in [6, 6.07) is 39.7. The largest absolute Gasteiger partial charge is 0.385 e. The minimum Gasteiger partial charge on any atom is -0.385 e. The molecular formula is C130H182ClF3N6O10. The number of benzene rings is 10. The highest BCUT2D eigenvalue weighted by Crippen LogP contribution is 2.52. The van der Waals surface area contributed by atoms with Gasteiger partial charge in [-0.05, 0) is 380 Å². The van der Waals surface area contributed by atoms with Gasteiger partial charge in [0, 0.05) is 64.5 Å². The Morgan fingerprint density at radius 1 is 0.213 bits per heavy atom. The fourth-order valence-corrected chi connectivity index (χ4v) is 19.5. The van der Waals surface area contributed by atoms with Crippen molar-refractivity contribution in [3.8, 4) is 0 Å². The SMILES string of the molecule is CNC(=O)c1cc(C)cc(C(C)C)c1C.CNC(=O)c1cc(C)cc(C(C)C)c1C.CNC(=O)c1cc(C)cc(C(C)C)c1C.CNC(=O)c1cc(C)cc(C(C)C)c1Cl.CNC(=O)c1cc(C)cc(C(C)C)c1F.CNC(=O)c1cc(C)cc(C(C)C)c1F.Cc1cc(C(C)C)c(C)c(C2(O)CC2)c1.Cc1cc(C(C)C)c(C)c(C2(O)CC2)c1.Cc1cc(C(C)C)c(C)c(C2(O)CC2)c1.Cc1cc(C(C)C)c(F)c(C2(O)CC2)c1. The molecule has 4 saturated carbocycles. The van der Waals surface area contributed by atoms with E-state index >= 15 is 0 Å². The van der Waals surface area contributed by atoms with Gasteiger partial charge < -0.3 is 52.3 Å². The van der Waals surface area contributed by atoms with Gasteiger partial charge in [0.2, 0.25) is 0 Å². The maximum Gasteiger partial charge on any atom is 0.254 e. The topological polar surface area (TPSA) is 256 Å². The first kappa shape index (κ1) is 129. The second kappa shape index (κ2) is 56.0. The molecule has 0 aromatic heterocycles. The molecule has 0 radical (unpaired) electrons. The number of aryl methyl sites for hydroxylation is 10. The normalized spacial score (nSPS) is 13.6. The van der Waals surface area contributed by atoms with Crippen LogP contribution in [0.2, 0.25) is 5.02 Å². The van der Waals surface area contributed by atoms with Crippen LogP contribution in [0.4, 0.5) is 13.2 Å². The predicted octanol–water partition coefficient (Wildman–Crippen LogP) is 30.2. The van der Waals surface area contributed by atoms with E-state index in [1.54, 1.807) is 58.5 Å². The number of amides is 6. The third-order valence-corrected chi connectivity index (χ3v) is 28.9. The van der Waals surface area contributed by atoms with Crippen LogP contribution in [-0.4, -0.2) is 98.2 Å². The monoisotopic (exact) mass is 2080 g/mol. The summed E-state index contributed by atoms with van der Waals surface area (Å²) in [5.74, 6) is 1.67. The summed E-state index contributed by atoms with van der Waals surface area (Å²) in [7, 11) is 9.60. The molecule has 16 nitrogen and oxygen atoms in total. The van der Waals surface area contributed by atoms with Crippen molar-refractivity contribution in [2.75, 3.05) is 42.3 Å². The predicted molar refractivity (Wildman–Crippen MR) is 619 cm³/mol. The Kier molecular flexibility index (Phi) is 48.3. The number of carbonyl (C=O) groups is 6. The van der Waals surface area contributed by atoms with Crippen molar-refractivity contribution in [2.24, 2.45) is 0 Å². The molecule has 820 valence electrons. The van der Waals surface area contributed by atoms with E-state index in [2.05, 4.69) is 225 Å². The first-order valence-corrected chi connectivity index (χ1v) is 54.1. The molecule has 4 aliphatic rings. The van der Waals surface area contributed by atoms with Gasteiger partial charge in [-0.25, -0.2) is 13.2 Å². The van der Waals surface area contributed by atoms with Gasteiger partial charge in [-0.3, -0.25) is 28.8 Å². The van der Waals surface area contributed by atoms with Crippen LogP contribution in [0.1, 0.15) is 478 Å². The van der Waals surface area contributed by atoms with Gasteiger partial charge in [0.25, 0.3) is 35.4 Å².